The topological polar surface area (TPSA) is 52.6 Å². The Morgan fingerprint density at radius 1 is 0.650 bits per heavy atom. The van der Waals surface area contributed by atoms with Crippen LogP contribution in [0.1, 0.15) is 79.1 Å². The molecule has 0 heterocycles. The van der Waals surface area contributed by atoms with Crippen LogP contribution in [0, 0.1) is 0 Å². The molecule has 0 saturated heterocycles. The lowest BCUT2D eigenvalue weighted by molar-refractivity contribution is -0.142. The van der Waals surface area contributed by atoms with Crippen molar-refractivity contribution in [3.05, 3.63) is 0 Å². The minimum absolute atomic E-state index is 0.170. The first-order chi connectivity index (χ1) is 9.54. The van der Waals surface area contributed by atoms with Gasteiger partial charge in [-0.15, -0.1) is 0 Å². The minimum Gasteiger partial charge on any atom is -0.466 e. The number of esters is 2. The number of hydrogen-bond acceptors (Lipinski definition) is 4. The maximum atomic E-state index is 10.3. The molecule has 0 saturated carbocycles. The van der Waals surface area contributed by atoms with Gasteiger partial charge in [-0.2, -0.15) is 0 Å². The Bertz CT molecular complexity index is 203. The van der Waals surface area contributed by atoms with Gasteiger partial charge >= 0.3 is 11.9 Å². The first kappa shape index (κ1) is 21.2. The molecule has 20 heavy (non-hydrogen) atoms. The average Bonchev–Trinajstić information content (AvgIpc) is 2.38. The SMILES string of the molecule is CCCCCCOC(C)=O.CCCCCCOC(C)=O. The van der Waals surface area contributed by atoms with E-state index in [0.29, 0.717) is 13.2 Å². The van der Waals surface area contributed by atoms with Crippen LogP contribution in [0.4, 0.5) is 0 Å². The van der Waals surface area contributed by atoms with Crippen LogP contribution in [-0.2, 0) is 19.1 Å². The third kappa shape index (κ3) is 25.7. The molecule has 120 valence electrons. The van der Waals surface area contributed by atoms with Crippen molar-refractivity contribution in [1.29, 1.82) is 0 Å². The van der Waals surface area contributed by atoms with E-state index in [-0.39, 0.29) is 11.9 Å². The van der Waals surface area contributed by atoms with Crippen molar-refractivity contribution in [2.24, 2.45) is 0 Å². The molecule has 4 heteroatoms. The Hall–Kier alpha value is -1.06. The van der Waals surface area contributed by atoms with Crippen molar-refractivity contribution in [1.82, 2.24) is 0 Å². The number of carbonyl (C=O) groups is 2. The molecule has 0 spiro atoms. The smallest absolute Gasteiger partial charge is 0.302 e. The zero-order valence-electron chi connectivity index (χ0n) is 13.7. The Kier molecular flexibility index (Phi) is 19.1. The zero-order valence-corrected chi connectivity index (χ0v) is 13.7. The average molecular weight is 288 g/mol. The molecule has 0 aromatic carbocycles. The summed E-state index contributed by atoms with van der Waals surface area (Å²) in [4.78, 5) is 20.5. The molecule has 0 aliphatic carbocycles. The number of ether oxygens (including phenoxy) is 2. The minimum atomic E-state index is -0.170. The Morgan fingerprint density at radius 2 is 1.00 bits per heavy atom. The van der Waals surface area contributed by atoms with Crippen molar-refractivity contribution >= 4 is 11.9 Å². The van der Waals surface area contributed by atoms with Crippen molar-refractivity contribution in [3.63, 3.8) is 0 Å². The van der Waals surface area contributed by atoms with E-state index in [1.807, 2.05) is 0 Å². The lowest BCUT2D eigenvalue weighted by Gasteiger charge is -1.99. The monoisotopic (exact) mass is 288 g/mol. The molecule has 0 rings (SSSR count). The molecular weight excluding hydrogens is 256 g/mol. The van der Waals surface area contributed by atoms with Crippen LogP contribution in [0.2, 0.25) is 0 Å². The van der Waals surface area contributed by atoms with Crippen molar-refractivity contribution in [2.75, 3.05) is 13.2 Å². The summed E-state index contributed by atoms with van der Waals surface area (Å²) < 4.78 is 9.50. The highest BCUT2D eigenvalue weighted by Crippen LogP contribution is 1.99. The number of rotatable bonds is 10. The summed E-state index contributed by atoms with van der Waals surface area (Å²) in [6.07, 6.45) is 9.27. The quantitative estimate of drug-likeness (QED) is 0.445. The van der Waals surface area contributed by atoms with Crippen LogP contribution in [0.25, 0.3) is 0 Å². The molecule has 0 bridgehead atoms. The van der Waals surface area contributed by atoms with Crippen molar-refractivity contribution in [2.45, 2.75) is 79.1 Å². The molecule has 0 amide bonds. The number of hydrogen-bond donors (Lipinski definition) is 0. The maximum absolute atomic E-state index is 10.3. The zero-order chi connectivity index (χ0) is 15.6. The van der Waals surface area contributed by atoms with Gasteiger partial charge in [0, 0.05) is 13.8 Å². The van der Waals surface area contributed by atoms with Gasteiger partial charge in [0.1, 0.15) is 0 Å². The molecule has 4 nitrogen and oxygen atoms in total. The van der Waals surface area contributed by atoms with Gasteiger partial charge in [0.15, 0.2) is 0 Å². The van der Waals surface area contributed by atoms with Gasteiger partial charge in [0.2, 0.25) is 0 Å². The number of carbonyl (C=O) groups excluding carboxylic acids is 2. The fourth-order valence-corrected chi connectivity index (χ4v) is 1.49. The van der Waals surface area contributed by atoms with Gasteiger partial charge in [0.05, 0.1) is 13.2 Å². The van der Waals surface area contributed by atoms with Crippen LogP contribution in [-0.4, -0.2) is 25.2 Å². The third-order valence-corrected chi connectivity index (χ3v) is 2.61. The van der Waals surface area contributed by atoms with Gasteiger partial charge in [-0.25, -0.2) is 0 Å². The van der Waals surface area contributed by atoms with Gasteiger partial charge < -0.3 is 9.47 Å². The van der Waals surface area contributed by atoms with Gasteiger partial charge in [-0.05, 0) is 12.8 Å². The first-order valence-electron chi connectivity index (χ1n) is 7.81. The molecule has 0 unspecified atom stereocenters. The molecule has 0 radical (unpaired) electrons. The van der Waals surface area contributed by atoms with E-state index >= 15 is 0 Å². The molecule has 0 aliphatic rings. The summed E-state index contributed by atoms with van der Waals surface area (Å²) >= 11 is 0. The highest BCUT2D eigenvalue weighted by molar-refractivity contribution is 5.66. The largest absolute Gasteiger partial charge is 0.466 e. The lowest BCUT2D eigenvalue weighted by atomic mass is 10.2. The summed E-state index contributed by atoms with van der Waals surface area (Å²) in [7, 11) is 0. The molecule has 0 aromatic rings. The highest BCUT2D eigenvalue weighted by atomic mass is 16.5. The van der Waals surface area contributed by atoms with E-state index in [2.05, 4.69) is 13.8 Å². The van der Waals surface area contributed by atoms with Gasteiger partial charge in [-0.1, -0.05) is 52.4 Å². The summed E-state index contributed by atoms with van der Waals surface area (Å²) in [5.74, 6) is -0.340. The summed E-state index contributed by atoms with van der Waals surface area (Å²) in [6.45, 7) is 8.39. The van der Waals surface area contributed by atoms with Gasteiger partial charge in [-0.3, -0.25) is 9.59 Å². The van der Waals surface area contributed by atoms with E-state index in [1.165, 1.54) is 52.4 Å². The normalized spacial score (nSPS) is 9.40. The fraction of sp³-hybridized carbons (Fsp3) is 0.875. The maximum Gasteiger partial charge on any atom is 0.302 e. The highest BCUT2D eigenvalue weighted by Gasteiger charge is 1.91. The number of unbranched alkanes of at least 4 members (excludes halogenated alkanes) is 6. The molecule has 0 aromatic heterocycles. The summed E-state index contributed by atoms with van der Waals surface area (Å²) in [5.41, 5.74) is 0. The molecule has 0 N–H and O–H groups in total. The van der Waals surface area contributed by atoms with E-state index in [1.54, 1.807) is 0 Å². The second-order valence-electron chi connectivity index (χ2n) is 4.80. The van der Waals surface area contributed by atoms with Crippen LogP contribution in [0.15, 0.2) is 0 Å². The second-order valence-corrected chi connectivity index (χ2v) is 4.80. The predicted octanol–water partition coefficient (Wildman–Crippen LogP) is 4.26. The Balaban J connectivity index is 0. The van der Waals surface area contributed by atoms with E-state index in [4.69, 9.17) is 9.47 Å². The summed E-state index contributed by atoms with van der Waals surface area (Å²) in [5, 5.41) is 0. The Morgan fingerprint density at radius 3 is 1.25 bits per heavy atom. The second kappa shape index (κ2) is 17.9. The standard InChI is InChI=1S/2C8H16O2/c2*1-3-4-5-6-7-10-8(2)9/h2*3-7H2,1-2H3. The molecular formula is C16H32O4. The van der Waals surface area contributed by atoms with E-state index in [0.717, 1.165) is 12.8 Å². The van der Waals surface area contributed by atoms with Crippen molar-refractivity contribution < 1.29 is 19.1 Å². The predicted molar refractivity (Wildman–Crippen MR) is 81.6 cm³/mol. The van der Waals surface area contributed by atoms with E-state index in [9.17, 15) is 9.59 Å². The lowest BCUT2D eigenvalue weighted by Crippen LogP contribution is -1.99. The third-order valence-electron chi connectivity index (χ3n) is 2.61. The van der Waals surface area contributed by atoms with Crippen LogP contribution in [0.3, 0.4) is 0 Å². The molecule has 0 fully saturated rings. The van der Waals surface area contributed by atoms with Crippen LogP contribution in [0.5, 0.6) is 0 Å². The fourth-order valence-electron chi connectivity index (χ4n) is 1.49. The van der Waals surface area contributed by atoms with Crippen LogP contribution < -0.4 is 0 Å². The summed E-state index contributed by atoms with van der Waals surface area (Å²) in [6, 6.07) is 0. The van der Waals surface area contributed by atoms with Crippen molar-refractivity contribution in [3.8, 4) is 0 Å². The first-order valence-corrected chi connectivity index (χ1v) is 7.81. The van der Waals surface area contributed by atoms with E-state index < -0.39 is 0 Å². The van der Waals surface area contributed by atoms with Crippen LogP contribution >= 0.6 is 0 Å². The molecule has 0 atom stereocenters. The Labute approximate surface area is 124 Å². The van der Waals surface area contributed by atoms with Gasteiger partial charge in [0.25, 0.3) is 0 Å². The molecule has 0 aliphatic heterocycles.